The van der Waals surface area contributed by atoms with Gasteiger partial charge in [0.15, 0.2) is 5.96 Å². The van der Waals surface area contributed by atoms with Gasteiger partial charge in [0.25, 0.3) is 0 Å². The van der Waals surface area contributed by atoms with Crippen LogP contribution >= 0.6 is 0 Å². The van der Waals surface area contributed by atoms with Crippen molar-refractivity contribution in [2.45, 2.75) is 32.7 Å². The number of aromatic nitrogens is 3. The number of rotatable bonds is 5. The van der Waals surface area contributed by atoms with Gasteiger partial charge in [-0.05, 0) is 37.3 Å². The van der Waals surface area contributed by atoms with Gasteiger partial charge in [-0.2, -0.15) is 0 Å². The Morgan fingerprint density at radius 1 is 1.36 bits per heavy atom. The third kappa shape index (κ3) is 4.59. The third-order valence-corrected chi connectivity index (χ3v) is 4.85. The van der Waals surface area contributed by atoms with Crippen LogP contribution in [0.5, 0.6) is 0 Å². The monoisotopic (exact) mass is 340 g/mol. The molecule has 0 spiro atoms. The molecule has 0 aromatic carbocycles. The Morgan fingerprint density at radius 3 is 3.00 bits per heavy atom. The predicted molar refractivity (Wildman–Crippen MR) is 101 cm³/mol. The van der Waals surface area contributed by atoms with Crippen molar-refractivity contribution in [3.63, 3.8) is 0 Å². The van der Waals surface area contributed by atoms with Gasteiger partial charge in [0.05, 0.1) is 12.4 Å². The average molecular weight is 340 g/mol. The first kappa shape index (κ1) is 17.5. The highest BCUT2D eigenvalue weighted by Gasteiger charge is 2.28. The molecule has 0 amide bonds. The summed E-state index contributed by atoms with van der Waals surface area (Å²) in [5.74, 6) is 1.66. The second-order valence-corrected chi connectivity index (χ2v) is 6.64. The molecule has 1 N–H and O–H groups in total. The number of imidazole rings is 1. The molecule has 1 aliphatic rings. The normalized spacial score (nSPS) is 21.4. The number of nitrogens with one attached hydrogen (secondary N) is 1. The van der Waals surface area contributed by atoms with Crippen molar-refractivity contribution in [1.29, 1.82) is 0 Å². The van der Waals surface area contributed by atoms with E-state index in [0.717, 1.165) is 45.0 Å². The third-order valence-electron chi connectivity index (χ3n) is 4.85. The van der Waals surface area contributed by atoms with Crippen molar-refractivity contribution in [2.75, 3.05) is 26.2 Å². The van der Waals surface area contributed by atoms with E-state index in [0.29, 0.717) is 12.0 Å². The van der Waals surface area contributed by atoms with Gasteiger partial charge in [-0.25, -0.2) is 4.98 Å². The highest BCUT2D eigenvalue weighted by atomic mass is 15.3. The van der Waals surface area contributed by atoms with Gasteiger partial charge in [0, 0.05) is 51.0 Å². The van der Waals surface area contributed by atoms with Crippen molar-refractivity contribution in [1.82, 2.24) is 24.8 Å². The second kappa shape index (κ2) is 8.65. The van der Waals surface area contributed by atoms with Crippen LogP contribution in [0.1, 0.15) is 31.9 Å². The van der Waals surface area contributed by atoms with E-state index >= 15 is 0 Å². The lowest BCUT2D eigenvalue weighted by Gasteiger charge is -2.39. The number of aliphatic imine (C=N–C) groups is 1. The Bertz CT molecular complexity index is 652. The van der Waals surface area contributed by atoms with E-state index in [9.17, 15) is 0 Å². The summed E-state index contributed by atoms with van der Waals surface area (Å²) in [5, 5.41) is 3.45. The Labute approximate surface area is 150 Å². The number of likely N-dealkylation sites (tertiary alicyclic amines) is 1. The fraction of sp³-hybridized carbons (Fsp3) is 0.526. The molecule has 2 atom stereocenters. The van der Waals surface area contributed by atoms with E-state index in [2.05, 4.69) is 50.9 Å². The number of pyridine rings is 1. The fourth-order valence-corrected chi connectivity index (χ4v) is 3.36. The number of hydrogen-bond acceptors (Lipinski definition) is 3. The maximum absolute atomic E-state index is 4.85. The molecule has 2 aromatic rings. The van der Waals surface area contributed by atoms with Crippen molar-refractivity contribution in [3.8, 4) is 0 Å². The molecule has 25 heavy (non-hydrogen) atoms. The first-order valence-electron chi connectivity index (χ1n) is 9.17. The molecule has 1 saturated heterocycles. The first-order valence-corrected chi connectivity index (χ1v) is 9.17. The molecule has 1 aliphatic heterocycles. The molecule has 1 fully saturated rings. The van der Waals surface area contributed by atoms with Crippen molar-refractivity contribution in [2.24, 2.45) is 10.9 Å². The summed E-state index contributed by atoms with van der Waals surface area (Å²) in [6.07, 6.45) is 11.7. The van der Waals surface area contributed by atoms with Gasteiger partial charge in [0.2, 0.25) is 0 Å². The highest BCUT2D eigenvalue weighted by Crippen LogP contribution is 2.27. The van der Waals surface area contributed by atoms with E-state index in [1.165, 1.54) is 5.56 Å². The zero-order valence-electron chi connectivity index (χ0n) is 15.2. The molecule has 3 heterocycles. The maximum Gasteiger partial charge on any atom is 0.193 e. The molecular weight excluding hydrogens is 312 g/mol. The average Bonchev–Trinajstić information content (AvgIpc) is 3.17. The number of hydrogen-bond donors (Lipinski definition) is 1. The van der Waals surface area contributed by atoms with Crippen LogP contribution in [0.3, 0.4) is 0 Å². The number of guanidine groups is 1. The zero-order chi connectivity index (χ0) is 17.5. The Kier molecular flexibility index (Phi) is 6.04. The Hall–Kier alpha value is -2.37. The summed E-state index contributed by atoms with van der Waals surface area (Å²) in [4.78, 5) is 15.6. The molecular formula is C19H28N6. The quantitative estimate of drug-likeness (QED) is 0.671. The lowest BCUT2D eigenvalue weighted by atomic mass is 9.93. The first-order chi connectivity index (χ1) is 12.3. The Morgan fingerprint density at radius 2 is 2.28 bits per heavy atom. The Balaban J connectivity index is 1.65. The van der Waals surface area contributed by atoms with Crippen molar-refractivity contribution in [3.05, 3.63) is 48.8 Å². The van der Waals surface area contributed by atoms with Gasteiger partial charge in [-0.15, -0.1) is 0 Å². The molecule has 0 bridgehead atoms. The largest absolute Gasteiger partial charge is 0.357 e. The van der Waals surface area contributed by atoms with E-state index < -0.39 is 0 Å². The lowest BCUT2D eigenvalue weighted by Crippen LogP contribution is -2.49. The van der Waals surface area contributed by atoms with Crippen LogP contribution in [0.4, 0.5) is 0 Å². The van der Waals surface area contributed by atoms with Crippen LogP contribution in [0.2, 0.25) is 0 Å². The van der Waals surface area contributed by atoms with E-state index in [-0.39, 0.29) is 0 Å². The highest BCUT2D eigenvalue weighted by molar-refractivity contribution is 5.80. The molecule has 0 aliphatic carbocycles. The second-order valence-electron chi connectivity index (χ2n) is 6.64. The molecule has 3 rings (SSSR count). The summed E-state index contributed by atoms with van der Waals surface area (Å²) in [6, 6.07) is 4.53. The van der Waals surface area contributed by atoms with Crippen LogP contribution < -0.4 is 5.32 Å². The van der Waals surface area contributed by atoms with Crippen LogP contribution in [0.15, 0.2) is 48.2 Å². The summed E-state index contributed by atoms with van der Waals surface area (Å²) < 4.78 is 2.23. The lowest BCUT2D eigenvalue weighted by molar-refractivity contribution is 0.189. The van der Waals surface area contributed by atoms with Crippen molar-refractivity contribution >= 4 is 5.96 Å². The van der Waals surface area contributed by atoms with Crippen LogP contribution in [-0.4, -0.2) is 51.6 Å². The minimum Gasteiger partial charge on any atom is -0.357 e. The van der Waals surface area contributed by atoms with Crippen molar-refractivity contribution < 1.29 is 0 Å². The summed E-state index contributed by atoms with van der Waals surface area (Å²) in [7, 11) is 0. The molecule has 6 heteroatoms. The summed E-state index contributed by atoms with van der Waals surface area (Å²) >= 11 is 0. The van der Waals surface area contributed by atoms with E-state index in [1.54, 1.807) is 0 Å². The molecule has 2 aromatic heterocycles. The molecule has 0 saturated carbocycles. The summed E-state index contributed by atoms with van der Waals surface area (Å²) in [5.41, 5.74) is 1.23. The zero-order valence-corrected chi connectivity index (χ0v) is 15.2. The SMILES string of the molecule is CCNC(=NCCc1cccnc1)N1CCC(C)C(n2ccnc2)C1. The van der Waals surface area contributed by atoms with Crippen LogP contribution in [-0.2, 0) is 6.42 Å². The standard InChI is InChI=1S/C19H28N6/c1-3-22-19(23-9-6-17-5-4-8-20-13-17)24-11-7-16(2)18(14-24)25-12-10-21-15-25/h4-5,8,10,12-13,15-16,18H,3,6-7,9,11,14H2,1-2H3,(H,22,23). The van der Waals surface area contributed by atoms with Gasteiger partial charge < -0.3 is 14.8 Å². The van der Waals surface area contributed by atoms with Gasteiger partial charge in [-0.3, -0.25) is 9.98 Å². The predicted octanol–water partition coefficient (Wildman–Crippen LogP) is 2.37. The fourth-order valence-electron chi connectivity index (χ4n) is 3.36. The number of piperidine rings is 1. The smallest absolute Gasteiger partial charge is 0.193 e. The molecule has 6 nitrogen and oxygen atoms in total. The van der Waals surface area contributed by atoms with E-state index in [4.69, 9.17) is 4.99 Å². The maximum atomic E-state index is 4.85. The minimum absolute atomic E-state index is 0.443. The topological polar surface area (TPSA) is 58.3 Å². The minimum atomic E-state index is 0.443. The molecule has 0 radical (unpaired) electrons. The van der Waals surface area contributed by atoms with E-state index in [1.807, 2.05) is 31.0 Å². The van der Waals surface area contributed by atoms with Gasteiger partial charge >= 0.3 is 0 Å². The number of nitrogens with zero attached hydrogens (tertiary/aromatic N) is 5. The van der Waals surface area contributed by atoms with Gasteiger partial charge in [-0.1, -0.05) is 13.0 Å². The van der Waals surface area contributed by atoms with Gasteiger partial charge in [0.1, 0.15) is 0 Å². The summed E-state index contributed by atoms with van der Waals surface area (Å²) in [6.45, 7) is 8.12. The molecule has 134 valence electrons. The molecule has 2 unspecified atom stereocenters. The van der Waals surface area contributed by atoms with Crippen LogP contribution in [0.25, 0.3) is 0 Å². The van der Waals surface area contributed by atoms with Crippen LogP contribution in [0, 0.1) is 5.92 Å².